The van der Waals surface area contributed by atoms with E-state index in [-0.39, 0.29) is 5.71 Å². The Morgan fingerprint density at radius 1 is 0.745 bits per heavy atom. The van der Waals surface area contributed by atoms with Gasteiger partial charge in [-0.2, -0.15) is 0 Å². The summed E-state index contributed by atoms with van der Waals surface area (Å²) < 4.78 is 10.1. The van der Waals surface area contributed by atoms with Gasteiger partial charge in [0.25, 0.3) is 0 Å². The fourth-order valence-electron chi connectivity index (χ4n) is 4.86. The zero-order valence-electron chi connectivity index (χ0n) is 28.8. The molecule has 0 saturated heterocycles. The number of nitrogens with zero attached hydrogens (tertiary/aromatic N) is 4. The second-order valence-corrected chi connectivity index (χ2v) is 11.1. The topological polar surface area (TPSA) is 169 Å². The zero-order chi connectivity index (χ0) is 35.1. The third kappa shape index (κ3) is 11.2. The van der Waals surface area contributed by atoms with Gasteiger partial charge in [-0.3, -0.25) is 5.41 Å². The maximum atomic E-state index is 10.2. The first kappa shape index (κ1) is 37.9. The minimum absolute atomic E-state index is 0.282. The van der Waals surface area contributed by atoms with Crippen molar-refractivity contribution in [2.45, 2.75) is 53.6 Å². The fraction of sp³-hybridized carbons (Fsp3) is 0.333. The number of aliphatic imine (C=N–C) groups is 1. The molecule has 0 heterocycles. The van der Waals surface area contributed by atoms with Gasteiger partial charge in [-0.25, -0.2) is 4.99 Å². The molecule has 0 aliphatic heterocycles. The number of nitrogens with two attached hydrogens (primary N) is 3. The monoisotopic (exact) mass is 642 g/mol. The van der Waals surface area contributed by atoms with Crippen LogP contribution < -0.4 is 31.7 Å². The maximum absolute atomic E-state index is 10.2. The fourth-order valence-corrected chi connectivity index (χ4v) is 4.86. The molecular formula is C36H50N8O3. The normalized spacial score (nSPS) is 13.1. The molecule has 3 aromatic rings. The van der Waals surface area contributed by atoms with Crippen molar-refractivity contribution in [1.82, 2.24) is 0 Å². The summed E-state index contributed by atoms with van der Waals surface area (Å²) in [5, 5.41) is 10.9. The van der Waals surface area contributed by atoms with Crippen molar-refractivity contribution in [1.29, 1.82) is 5.41 Å². The van der Waals surface area contributed by atoms with Crippen LogP contribution in [0.2, 0.25) is 0 Å². The molecular weight excluding hydrogens is 592 g/mol. The minimum Gasteiger partial charge on any atom is -0.495 e. The molecule has 11 nitrogen and oxygen atoms in total. The van der Waals surface area contributed by atoms with E-state index in [0.717, 1.165) is 24.5 Å². The first-order chi connectivity index (χ1) is 22.4. The van der Waals surface area contributed by atoms with Crippen molar-refractivity contribution in [2.75, 3.05) is 48.6 Å². The summed E-state index contributed by atoms with van der Waals surface area (Å²) in [4.78, 5) is 19.3. The molecule has 1 aliphatic rings. The Morgan fingerprint density at radius 2 is 1.26 bits per heavy atom. The number of rotatable bonds is 10. The molecule has 0 atom stereocenters. The molecule has 4 rings (SSSR count). The van der Waals surface area contributed by atoms with Gasteiger partial charge < -0.3 is 36.5 Å². The Hall–Kier alpha value is -5.32. The van der Waals surface area contributed by atoms with E-state index < -0.39 is 0 Å². The summed E-state index contributed by atoms with van der Waals surface area (Å²) in [6.07, 6.45) is 3.25. The quantitative estimate of drug-likeness (QED) is 0.0996. The van der Waals surface area contributed by atoms with Gasteiger partial charge in [0.2, 0.25) is 0 Å². The predicted octanol–water partition coefficient (Wildman–Crippen LogP) is 7.58. The highest BCUT2D eigenvalue weighted by atomic mass is 16.5. The van der Waals surface area contributed by atoms with Crippen LogP contribution >= 0.6 is 0 Å². The van der Waals surface area contributed by atoms with Crippen molar-refractivity contribution in [3.8, 4) is 5.75 Å². The van der Waals surface area contributed by atoms with Gasteiger partial charge in [-0.15, -0.1) is 4.91 Å². The predicted molar refractivity (Wildman–Crippen MR) is 199 cm³/mol. The van der Waals surface area contributed by atoms with E-state index in [0.29, 0.717) is 52.1 Å². The number of nitroso groups, excluding NO2 is 1. The van der Waals surface area contributed by atoms with Crippen LogP contribution in [0.1, 0.15) is 41.5 Å². The Kier molecular flexibility index (Phi) is 15.0. The van der Waals surface area contributed by atoms with Gasteiger partial charge >= 0.3 is 0 Å². The van der Waals surface area contributed by atoms with Gasteiger partial charge in [-0.1, -0.05) is 0 Å². The second-order valence-electron chi connectivity index (χ2n) is 11.1. The highest BCUT2D eigenvalue weighted by Crippen LogP contribution is 2.24. The molecule has 3 aromatic carbocycles. The van der Waals surface area contributed by atoms with Crippen molar-refractivity contribution < 1.29 is 9.47 Å². The average molecular weight is 643 g/mol. The molecule has 0 aromatic heterocycles. The molecule has 1 aliphatic carbocycles. The SMILES string of the molecule is CCN(c1ccc(N=C2C=C(OC)C(N)=CC2=N)cc1)C(C)C.CCN(c1ccc(N=O)cc1)C(C)C.COc1ccc(N)cc1N. The number of allylic oxidation sites excluding steroid dienone is 2. The average Bonchev–Trinajstić information content (AvgIpc) is 3.04. The van der Waals surface area contributed by atoms with E-state index >= 15 is 0 Å². The summed E-state index contributed by atoms with van der Waals surface area (Å²) in [6.45, 7) is 14.8. The Labute approximate surface area is 279 Å². The van der Waals surface area contributed by atoms with Gasteiger partial charge in [0.1, 0.15) is 17.2 Å². The lowest BCUT2D eigenvalue weighted by Gasteiger charge is -2.27. The van der Waals surface area contributed by atoms with Gasteiger partial charge in [0.05, 0.1) is 42.7 Å². The summed E-state index contributed by atoms with van der Waals surface area (Å²) in [7, 11) is 3.13. The molecule has 0 spiro atoms. The maximum Gasteiger partial charge on any atom is 0.144 e. The Bertz CT molecular complexity index is 1550. The van der Waals surface area contributed by atoms with Crippen molar-refractivity contribution in [2.24, 2.45) is 15.9 Å². The Morgan fingerprint density at radius 3 is 1.66 bits per heavy atom. The van der Waals surface area contributed by atoms with Gasteiger partial charge in [-0.05, 0) is 120 Å². The number of benzene rings is 3. The molecule has 0 unspecified atom stereocenters. The molecule has 252 valence electrons. The molecule has 0 fully saturated rings. The summed E-state index contributed by atoms with van der Waals surface area (Å²) >= 11 is 0. The lowest BCUT2D eigenvalue weighted by molar-refractivity contribution is 0.300. The van der Waals surface area contributed by atoms with Crippen LogP contribution in [0.25, 0.3) is 0 Å². The number of hydrogen-bond donors (Lipinski definition) is 4. The molecule has 0 radical (unpaired) electrons. The Balaban J connectivity index is 0.000000271. The van der Waals surface area contributed by atoms with Crippen LogP contribution in [0.3, 0.4) is 0 Å². The molecule has 0 bridgehead atoms. The van der Waals surface area contributed by atoms with E-state index in [9.17, 15) is 4.91 Å². The van der Waals surface area contributed by atoms with Crippen molar-refractivity contribution in [3.05, 3.63) is 95.2 Å². The van der Waals surface area contributed by atoms with Gasteiger partial charge in [0.15, 0.2) is 0 Å². The third-order valence-electron chi connectivity index (χ3n) is 7.25. The number of ether oxygens (including phenoxy) is 2. The van der Waals surface area contributed by atoms with E-state index in [1.54, 1.807) is 56.7 Å². The molecule has 7 N–H and O–H groups in total. The van der Waals surface area contributed by atoms with Crippen LogP contribution in [0.5, 0.6) is 5.75 Å². The standard InChI is InChI=1S/C18H24N4O.C11H16N2O.C7H10N2O/c1-5-22(12(2)3)14-8-6-13(7-9-14)21-17-11-18(23-4)16(20)10-15(17)19;1-4-13(9(2)3)11-7-5-10(12-14)6-8-11;1-10-7-3-2-5(8)4-6(7)9/h6-12,19H,5,20H2,1-4H3;5-9H,4H2,1-3H3;2-4H,8-9H2,1H3. The van der Waals surface area contributed by atoms with Crippen LogP contribution in [-0.4, -0.2) is 50.8 Å². The number of nitrogens with one attached hydrogen (secondary N) is 1. The van der Waals surface area contributed by atoms with Crippen LogP contribution in [0.4, 0.5) is 34.1 Å². The van der Waals surface area contributed by atoms with Crippen LogP contribution in [0, 0.1) is 10.3 Å². The van der Waals surface area contributed by atoms with E-state index in [1.807, 2.05) is 24.3 Å². The summed E-state index contributed by atoms with van der Waals surface area (Å²) in [5.41, 5.74) is 22.8. The number of hydrogen-bond acceptors (Lipinski definition) is 11. The molecule has 11 heteroatoms. The zero-order valence-corrected chi connectivity index (χ0v) is 28.8. The number of nitrogen functional groups attached to an aromatic ring is 2. The third-order valence-corrected chi connectivity index (χ3v) is 7.25. The highest BCUT2D eigenvalue weighted by Gasteiger charge is 2.15. The lowest BCUT2D eigenvalue weighted by Crippen LogP contribution is -2.30. The smallest absolute Gasteiger partial charge is 0.144 e. The molecule has 47 heavy (non-hydrogen) atoms. The summed E-state index contributed by atoms with van der Waals surface area (Å²) in [5.74, 6) is 1.20. The highest BCUT2D eigenvalue weighted by molar-refractivity contribution is 6.50. The number of methoxy groups -OCH3 is 2. The lowest BCUT2D eigenvalue weighted by atomic mass is 10.1. The van der Waals surface area contributed by atoms with Crippen LogP contribution in [0.15, 0.2) is 101 Å². The first-order valence-corrected chi connectivity index (χ1v) is 15.5. The molecule has 0 saturated carbocycles. The van der Waals surface area contributed by atoms with Crippen LogP contribution in [-0.2, 0) is 4.74 Å². The molecule has 0 amide bonds. The van der Waals surface area contributed by atoms with Crippen molar-refractivity contribution in [3.63, 3.8) is 0 Å². The van der Waals surface area contributed by atoms with E-state index in [2.05, 4.69) is 73.6 Å². The van der Waals surface area contributed by atoms with E-state index in [4.69, 9.17) is 32.1 Å². The largest absolute Gasteiger partial charge is 0.495 e. The minimum atomic E-state index is 0.282. The second kappa shape index (κ2) is 18.6. The number of anilines is 4. The van der Waals surface area contributed by atoms with Crippen molar-refractivity contribution >= 4 is 45.5 Å². The first-order valence-electron chi connectivity index (χ1n) is 15.5. The van der Waals surface area contributed by atoms with E-state index in [1.165, 1.54) is 5.69 Å². The summed E-state index contributed by atoms with van der Waals surface area (Å²) in [6, 6.07) is 21.4. The van der Waals surface area contributed by atoms with Gasteiger partial charge in [0, 0.05) is 48.3 Å².